The van der Waals surface area contributed by atoms with E-state index in [2.05, 4.69) is 0 Å². The van der Waals surface area contributed by atoms with Crippen LogP contribution in [0, 0.1) is 5.82 Å². The number of rotatable bonds is 2. The summed E-state index contributed by atoms with van der Waals surface area (Å²) in [7, 11) is 1.55. The smallest absolute Gasteiger partial charge is 0.260 e. The van der Waals surface area contributed by atoms with Crippen LogP contribution in [0.3, 0.4) is 0 Å². The molecule has 2 aromatic carbocycles. The Morgan fingerprint density at radius 2 is 1.84 bits per heavy atom. The zero-order valence-corrected chi connectivity index (χ0v) is 10.3. The molecule has 0 radical (unpaired) electrons. The van der Waals surface area contributed by atoms with Gasteiger partial charge in [0, 0.05) is 18.4 Å². The van der Waals surface area contributed by atoms with Gasteiger partial charge in [0.1, 0.15) is 11.6 Å². The van der Waals surface area contributed by atoms with Gasteiger partial charge in [0.25, 0.3) is 5.91 Å². The number of nitrogens with zero attached hydrogens (tertiary/aromatic N) is 1. The molecule has 0 aliphatic carbocycles. The van der Waals surface area contributed by atoms with Crippen LogP contribution in [0.25, 0.3) is 0 Å². The van der Waals surface area contributed by atoms with Gasteiger partial charge in [-0.15, -0.1) is 0 Å². The quantitative estimate of drug-likeness (QED) is 0.815. The molecule has 0 spiro atoms. The molecule has 1 amide bonds. The highest BCUT2D eigenvalue weighted by Gasteiger charge is 2.16. The van der Waals surface area contributed by atoms with Gasteiger partial charge < -0.3 is 15.7 Å². The van der Waals surface area contributed by atoms with Gasteiger partial charge in [0.15, 0.2) is 0 Å². The normalized spacial score (nSPS) is 10.2. The third kappa shape index (κ3) is 2.65. The zero-order valence-electron chi connectivity index (χ0n) is 10.3. The maximum absolute atomic E-state index is 13.2. The Hall–Kier alpha value is -2.56. The first-order chi connectivity index (χ1) is 8.99. The number of nitrogens with two attached hydrogens (primary N) is 1. The van der Waals surface area contributed by atoms with E-state index in [9.17, 15) is 14.3 Å². The Balaban J connectivity index is 2.33. The number of nitrogen functional groups attached to an aromatic ring is 1. The van der Waals surface area contributed by atoms with Crippen molar-refractivity contribution in [2.45, 2.75) is 0 Å². The van der Waals surface area contributed by atoms with Crippen molar-refractivity contribution in [3.8, 4) is 5.75 Å². The number of aromatic hydroxyl groups is 1. The van der Waals surface area contributed by atoms with Gasteiger partial charge in [0.05, 0.1) is 5.56 Å². The molecule has 0 saturated carbocycles. The molecule has 0 aliphatic rings. The van der Waals surface area contributed by atoms with Crippen LogP contribution in [0.15, 0.2) is 42.5 Å². The molecule has 19 heavy (non-hydrogen) atoms. The minimum absolute atomic E-state index is 0.106. The minimum atomic E-state index is -0.517. The van der Waals surface area contributed by atoms with Crippen molar-refractivity contribution in [3.63, 3.8) is 0 Å². The van der Waals surface area contributed by atoms with Crippen molar-refractivity contribution in [2.24, 2.45) is 0 Å². The molecular formula is C14H13FN2O2. The second kappa shape index (κ2) is 4.97. The van der Waals surface area contributed by atoms with Crippen molar-refractivity contribution >= 4 is 17.3 Å². The first-order valence-electron chi connectivity index (χ1n) is 5.61. The Labute approximate surface area is 109 Å². The summed E-state index contributed by atoms with van der Waals surface area (Å²) in [5.41, 5.74) is 6.58. The Bertz CT molecular complexity index is 611. The average Bonchev–Trinajstić information content (AvgIpc) is 2.41. The number of phenols is 1. The number of carbonyl (C=O) groups is 1. The standard InChI is InChI=1S/C14H13FN2O2/c1-17(10-3-5-11(18)6-4-10)14(19)12-8-9(15)2-7-13(12)16/h2-8,18H,16H2,1H3. The van der Waals surface area contributed by atoms with E-state index in [1.165, 1.54) is 29.2 Å². The lowest BCUT2D eigenvalue weighted by Gasteiger charge is -2.18. The fourth-order valence-corrected chi connectivity index (χ4v) is 1.69. The van der Waals surface area contributed by atoms with Crippen LogP contribution >= 0.6 is 0 Å². The first kappa shape index (κ1) is 12.9. The molecule has 0 heterocycles. The Morgan fingerprint density at radius 1 is 1.21 bits per heavy atom. The lowest BCUT2D eigenvalue weighted by Crippen LogP contribution is -2.27. The van der Waals surface area contributed by atoms with Gasteiger partial charge in [-0.2, -0.15) is 0 Å². The van der Waals surface area contributed by atoms with E-state index in [-0.39, 0.29) is 17.0 Å². The van der Waals surface area contributed by atoms with Crippen LogP contribution in [-0.2, 0) is 0 Å². The summed E-state index contributed by atoms with van der Waals surface area (Å²) in [6.45, 7) is 0. The van der Waals surface area contributed by atoms with Gasteiger partial charge in [0.2, 0.25) is 0 Å². The summed E-state index contributed by atoms with van der Waals surface area (Å²) >= 11 is 0. The highest BCUT2D eigenvalue weighted by atomic mass is 19.1. The second-order valence-corrected chi connectivity index (χ2v) is 4.11. The monoisotopic (exact) mass is 260 g/mol. The van der Waals surface area contributed by atoms with Gasteiger partial charge in [-0.05, 0) is 42.5 Å². The molecule has 0 aromatic heterocycles. The number of halogens is 1. The summed E-state index contributed by atoms with van der Waals surface area (Å²) in [6.07, 6.45) is 0. The summed E-state index contributed by atoms with van der Waals surface area (Å²) in [6, 6.07) is 9.77. The summed E-state index contributed by atoms with van der Waals surface area (Å²) in [5, 5.41) is 9.20. The van der Waals surface area contributed by atoms with E-state index in [1.807, 2.05) is 0 Å². The van der Waals surface area contributed by atoms with Crippen LogP contribution in [0.4, 0.5) is 15.8 Å². The molecule has 0 aliphatic heterocycles. The largest absolute Gasteiger partial charge is 0.508 e. The number of benzene rings is 2. The molecule has 4 nitrogen and oxygen atoms in total. The Kier molecular flexibility index (Phi) is 3.37. The van der Waals surface area contributed by atoms with Gasteiger partial charge in [-0.1, -0.05) is 0 Å². The number of hydrogen-bond donors (Lipinski definition) is 2. The Morgan fingerprint density at radius 3 is 2.47 bits per heavy atom. The maximum atomic E-state index is 13.2. The van der Waals surface area contributed by atoms with Crippen LogP contribution in [0.2, 0.25) is 0 Å². The maximum Gasteiger partial charge on any atom is 0.260 e. The van der Waals surface area contributed by atoms with Crippen molar-refractivity contribution in [3.05, 3.63) is 53.8 Å². The predicted molar refractivity (Wildman–Crippen MR) is 71.7 cm³/mol. The molecule has 0 fully saturated rings. The van der Waals surface area contributed by atoms with E-state index in [4.69, 9.17) is 5.73 Å². The van der Waals surface area contributed by atoms with E-state index >= 15 is 0 Å². The third-order valence-electron chi connectivity index (χ3n) is 2.79. The predicted octanol–water partition coefficient (Wildman–Crippen LogP) is 2.39. The van der Waals surface area contributed by atoms with Crippen molar-refractivity contribution in [1.29, 1.82) is 0 Å². The summed E-state index contributed by atoms with van der Waals surface area (Å²) < 4.78 is 13.2. The zero-order chi connectivity index (χ0) is 14.0. The number of hydrogen-bond acceptors (Lipinski definition) is 3. The van der Waals surface area contributed by atoms with Crippen LogP contribution < -0.4 is 10.6 Å². The summed E-state index contributed by atoms with van der Waals surface area (Å²) in [4.78, 5) is 13.6. The highest BCUT2D eigenvalue weighted by molar-refractivity contribution is 6.09. The van der Waals surface area contributed by atoms with Crippen LogP contribution in [0.5, 0.6) is 5.75 Å². The molecule has 5 heteroatoms. The fraction of sp³-hybridized carbons (Fsp3) is 0.0714. The van der Waals surface area contributed by atoms with Crippen LogP contribution in [-0.4, -0.2) is 18.1 Å². The molecule has 0 atom stereocenters. The van der Waals surface area contributed by atoms with Crippen molar-refractivity contribution in [2.75, 3.05) is 17.7 Å². The third-order valence-corrected chi connectivity index (χ3v) is 2.79. The average molecular weight is 260 g/mol. The van der Waals surface area contributed by atoms with Gasteiger partial charge in [-0.3, -0.25) is 4.79 Å². The second-order valence-electron chi connectivity index (χ2n) is 4.11. The molecule has 3 N–H and O–H groups in total. The van der Waals surface area contributed by atoms with Crippen molar-refractivity contribution in [1.82, 2.24) is 0 Å². The number of anilines is 2. The van der Waals surface area contributed by atoms with Crippen molar-refractivity contribution < 1.29 is 14.3 Å². The lowest BCUT2D eigenvalue weighted by molar-refractivity contribution is 0.0993. The molecule has 0 bridgehead atoms. The van der Waals surface area contributed by atoms with Crippen LogP contribution in [0.1, 0.15) is 10.4 Å². The SMILES string of the molecule is CN(C(=O)c1cc(F)ccc1N)c1ccc(O)cc1. The molecule has 2 aromatic rings. The lowest BCUT2D eigenvalue weighted by atomic mass is 10.1. The number of phenolic OH excluding ortho intramolecular Hbond substituents is 1. The molecule has 98 valence electrons. The minimum Gasteiger partial charge on any atom is -0.508 e. The first-order valence-corrected chi connectivity index (χ1v) is 5.61. The summed E-state index contributed by atoms with van der Waals surface area (Å²) in [5.74, 6) is -0.825. The highest BCUT2D eigenvalue weighted by Crippen LogP contribution is 2.21. The fourth-order valence-electron chi connectivity index (χ4n) is 1.69. The van der Waals surface area contributed by atoms with Gasteiger partial charge in [-0.25, -0.2) is 4.39 Å². The number of amides is 1. The van der Waals surface area contributed by atoms with E-state index in [0.29, 0.717) is 5.69 Å². The molecule has 0 unspecified atom stereocenters. The molecule has 2 rings (SSSR count). The van der Waals surface area contributed by atoms with Gasteiger partial charge >= 0.3 is 0 Å². The topological polar surface area (TPSA) is 66.6 Å². The van der Waals surface area contributed by atoms with E-state index in [1.54, 1.807) is 19.2 Å². The number of carbonyl (C=O) groups excluding carboxylic acids is 1. The van der Waals surface area contributed by atoms with E-state index < -0.39 is 11.7 Å². The van der Waals surface area contributed by atoms with E-state index in [0.717, 1.165) is 6.07 Å². The molecular weight excluding hydrogens is 247 g/mol. The molecule has 0 saturated heterocycles.